The van der Waals surface area contributed by atoms with Gasteiger partial charge in [-0.05, 0) is 35.9 Å². The van der Waals surface area contributed by atoms with Crippen LogP contribution in [0.5, 0.6) is 0 Å². The van der Waals surface area contributed by atoms with E-state index in [4.69, 9.17) is 11.6 Å². The van der Waals surface area contributed by atoms with Crippen molar-refractivity contribution in [3.05, 3.63) is 95.0 Å². The number of rotatable bonds is 3. The highest BCUT2D eigenvalue weighted by Crippen LogP contribution is 2.55. The third kappa shape index (κ3) is 3.36. The maximum atomic E-state index is 13.9. The largest absolute Gasteiger partial charge is 0.323 e. The van der Waals surface area contributed by atoms with Crippen LogP contribution in [-0.2, 0) is 16.2 Å². The predicted octanol–water partition coefficient (Wildman–Crippen LogP) is 5.32. The van der Waals surface area contributed by atoms with Gasteiger partial charge in [-0.1, -0.05) is 60.1 Å². The first kappa shape index (κ1) is 20.0. The van der Waals surface area contributed by atoms with E-state index < -0.39 is 4.87 Å². The van der Waals surface area contributed by atoms with Crippen LogP contribution in [0.4, 0.5) is 16.2 Å². The molecule has 1 fully saturated rings. The summed E-state index contributed by atoms with van der Waals surface area (Å²) < 4.78 is 0. The Morgan fingerprint density at radius 2 is 1.74 bits per heavy atom. The molecule has 1 saturated heterocycles. The summed E-state index contributed by atoms with van der Waals surface area (Å²) in [5.74, 6) is 0.554. The van der Waals surface area contributed by atoms with Crippen molar-refractivity contribution in [1.29, 1.82) is 0 Å². The van der Waals surface area contributed by atoms with E-state index in [-0.39, 0.29) is 11.9 Å². The monoisotopic (exact) mass is 449 g/mol. The van der Waals surface area contributed by atoms with Crippen molar-refractivity contribution >= 4 is 46.7 Å². The number of carbonyl (C=O) groups excluding carboxylic acids is 2. The summed E-state index contributed by atoms with van der Waals surface area (Å²) in [6.45, 7) is 0.908. The molecule has 2 aliphatic rings. The number of benzene rings is 3. The molecule has 0 saturated carbocycles. The van der Waals surface area contributed by atoms with Crippen LogP contribution < -0.4 is 10.2 Å². The van der Waals surface area contributed by atoms with E-state index in [1.165, 1.54) is 11.8 Å². The van der Waals surface area contributed by atoms with Gasteiger partial charge in [0.2, 0.25) is 0 Å². The van der Waals surface area contributed by atoms with E-state index in [9.17, 15) is 9.59 Å². The minimum absolute atomic E-state index is 0.112. The molecule has 2 heterocycles. The number of urea groups is 1. The number of para-hydroxylation sites is 1. The maximum Gasteiger partial charge on any atom is 0.323 e. The Morgan fingerprint density at radius 3 is 2.48 bits per heavy atom. The first-order valence-electron chi connectivity index (χ1n) is 10.0. The summed E-state index contributed by atoms with van der Waals surface area (Å²) in [5, 5.41) is 3.48. The van der Waals surface area contributed by atoms with Crippen molar-refractivity contribution in [3.63, 3.8) is 0 Å². The molecule has 31 heavy (non-hydrogen) atoms. The van der Waals surface area contributed by atoms with Crippen molar-refractivity contribution < 1.29 is 9.59 Å². The number of nitrogens with zero attached hydrogens (tertiary/aromatic N) is 2. The van der Waals surface area contributed by atoms with Gasteiger partial charge < -0.3 is 10.2 Å². The average Bonchev–Trinajstić information content (AvgIpc) is 3.33. The third-order valence-corrected chi connectivity index (χ3v) is 7.26. The van der Waals surface area contributed by atoms with E-state index >= 15 is 0 Å². The summed E-state index contributed by atoms with van der Waals surface area (Å²) in [7, 11) is 0. The van der Waals surface area contributed by atoms with Crippen molar-refractivity contribution in [1.82, 2.24) is 4.90 Å². The zero-order chi connectivity index (χ0) is 21.4. The molecule has 0 bridgehead atoms. The maximum absolute atomic E-state index is 13.9. The molecule has 156 valence electrons. The predicted molar refractivity (Wildman–Crippen MR) is 125 cm³/mol. The summed E-state index contributed by atoms with van der Waals surface area (Å²) in [6.07, 6.45) is 0. The first-order chi connectivity index (χ1) is 15.1. The molecule has 3 aromatic carbocycles. The van der Waals surface area contributed by atoms with Gasteiger partial charge in [-0.3, -0.25) is 9.69 Å². The third-order valence-electron chi connectivity index (χ3n) is 5.61. The fraction of sp³-hybridized carbons (Fsp3) is 0.167. The van der Waals surface area contributed by atoms with E-state index in [2.05, 4.69) is 5.32 Å². The number of amides is 3. The molecular weight excluding hydrogens is 430 g/mol. The van der Waals surface area contributed by atoms with Crippen LogP contribution in [0.15, 0.2) is 78.9 Å². The molecule has 5 nitrogen and oxygen atoms in total. The topological polar surface area (TPSA) is 52.7 Å². The highest BCUT2D eigenvalue weighted by molar-refractivity contribution is 8.01. The molecule has 3 aromatic rings. The lowest BCUT2D eigenvalue weighted by Crippen LogP contribution is -2.51. The number of halogens is 1. The normalized spacial score (nSPS) is 19.7. The number of carbonyl (C=O) groups is 2. The lowest BCUT2D eigenvalue weighted by Gasteiger charge is -2.33. The molecule has 2 aliphatic heterocycles. The molecule has 0 radical (unpaired) electrons. The van der Waals surface area contributed by atoms with E-state index in [1.807, 2.05) is 72.8 Å². The quantitative estimate of drug-likeness (QED) is 0.588. The van der Waals surface area contributed by atoms with E-state index in [0.29, 0.717) is 29.6 Å². The molecular formula is C24H20ClN3O2S. The molecule has 0 aromatic heterocycles. The first-order valence-corrected chi connectivity index (χ1v) is 11.4. The highest BCUT2D eigenvalue weighted by atomic mass is 35.5. The van der Waals surface area contributed by atoms with Gasteiger partial charge in [0.1, 0.15) is 0 Å². The van der Waals surface area contributed by atoms with Gasteiger partial charge in [-0.25, -0.2) is 4.79 Å². The molecule has 5 rings (SSSR count). The minimum atomic E-state index is -1.12. The number of hydrogen-bond acceptors (Lipinski definition) is 3. The van der Waals surface area contributed by atoms with Gasteiger partial charge in [0, 0.05) is 28.6 Å². The van der Waals surface area contributed by atoms with E-state index in [0.717, 1.165) is 16.8 Å². The molecule has 1 atom stereocenters. The minimum Gasteiger partial charge on any atom is -0.308 e. The Hall–Kier alpha value is -2.96. The fourth-order valence-corrected chi connectivity index (χ4v) is 5.85. The van der Waals surface area contributed by atoms with E-state index in [1.54, 1.807) is 15.9 Å². The molecule has 3 amide bonds. The van der Waals surface area contributed by atoms with Crippen LogP contribution in [0.25, 0.3) is 0 Å². The van der Waals surface area contributed by atoms with Crippen LogP contribution in [0.2, 0.25) is 5.02 Å². The van der Waals surface area contributed by atoms with Crippen LogP contribution in [0.1, 0.15) is 11.1 Å². The number of hydrogen-bond donors (Lipinski definition) is 1. The van der Waals surface area contributed by atoms with Gasteiger partial charge >= 0.3 is 6.03 Å². The van der Waals surface area contributed by atoms with Crippen LogP contribution in [-0.4, -0.2) is 29.1 Å². The second kappa shape index (κ2) is 7.94. The lowest BCUT2D eigenvalue weighted by atomic mass is 10.1. The van der Waals surface area contributed by atoms with Crippen molar-refractivity contribution in [2.75, 3.05) is 22.5 Å². The lowest BCUT2D eigenvalue weighted by molar-refractivity contribution is -0.123. The van der Waals surface area contributed by atoms with Gasteiger partial charge in [-0.15, -0.1) is 11.8 Å². The van der Waals surface area contributed by atoms with Crippen molar-refractivity contribution in [2.24, 2.45) is 0 Å². The van der Waals surface area contributed by atoms with Crippen molar-refractivity contribution in [2.45, 2.75) is 11.4 Å². The number of nitrogens with one attached hydrogen (secondary N) is 1. The Balaban J connectivity index is 1.54. The summed E-state index contributed by atoms with van der Waals surface area (Å²) in [5.41, 5.74) is 3.28. The number of fused-ring (bicyclic) bond motifs is 2. The molecule has 0 aliphatic carbocycles. The standard InChI is InChI=1S/C24H20ClN3O2S/c25-18-11-12-21-20(15-18)24(22(29)27(21)16-17-7-3-1-4-8-17)28(13-14-31-24)23(30)26-19-9-5-2-6-10-19/h1-12,15H,13-14,16H2,(H,26,30)/t24-/m0/s1. The Bertz CT molecular complexity index is 1140. The Labute approximate surface area is 190 Å². The Kier molecular flexibility index (Phi) is 5.12. The average molecular weight is 450 g/mol. The second-order valence-electron chi connectivity index (χ2n) is 7.48. The van der Waals surface area contributed by atoms with Crippen LogP contribution in [0.3, 0.4) is 0 Å². The Morgan fingerprint density at radius 1 is 1.03 bits per heavy atom. The zero-order valence-corrected chi connectivity index (χ0v) is 18.2. The van der Waals surface area contributed by atoms with Gasteiger partial charge in [0.15, 0.2) is 4.87 Å². The molecule has 0 unspecified atom stereocenters. The summed E-state index contributed by atoms with van der Waals surface area (Å²) in [4.78, 5) is 29.5. The molecule has 1 spiro atoms. The van der Waals surface area contributed by atoms with Crippen LogP contribution in [0, 0.1) is 0 Å². The smallest absolute Gasteiger partial charge is 0.308 e. The van der Waals surface area contributed by atoms with Gasteiger partial charge in [0.05, 0.1) is 12.2 Å². The zero-order valence-electron chi connectivity index (χ0n) is 16.6. The number of anilines is 2. The van der Waals surface area contributed by atoms with Gasteiger partial charge in [0.25, 0.3) is 5.91 Å². The van der Waals surface area contributed by atoms with Gasteiger partial charge in [-0.2, -0.15) is 0 Å². The fourth-order valence-electron chi connectivity index (χ4n) is 4.22. The summed E-state index contributed by atoms with van der Waals surface area (Å²) >= 11 is 7.83. The SMILES string of the molecule is O=C(Nc1ccccc1)N1CCS[C@@]12C(=O)N(Cc1ccccc1)c1ccc(Cl)cc12. The van der Waals surface area contributed by atoms with Crippen LogP contribution >= 0.6 is 23.4 Å². The molecule has 1 N–H and O–H groups in total. The highest BCUT2D eigenvalue weighted by Gasteiger charge is 2.59. The van der Waals surface area contributed by atoms with Crippen molar-refractivity contribution in [3.8, 4) is 0 Å². The summed E-state index contributed by atoms with van der Waals surface area (Å²) in [6, 6.07) is 24.3. The number of thioether (sulfide) groups is 1. The second-order valence-corrected chi connectivity index (χ2v) is 9.20. The molecule has 7 heteroatoms.